The van der Waals surface area contributed by atoms with Gasteiger partial charge in [0.15, 0.2) is 0 Å². The van der Waals surface area contributed by atoms with E-state index in [0.29, 0.717) is 6.54 Å². The lowest BCUT2D eigenvalue weighted by Crippen LogP contribution is -2.52. The van der Waals surface area contributed by atoms with E-state index in [1.807, 2.05) is 26.8 Å². The second kappa shape index (κ2) is 5.87. The molecule has 0 aromatic rings. The van der Waals surface area contributed by atoms with Crippen molar-refractivity contribution in [2.75, 3.05) is 13.1 Å². The lowest BCUT2D eigenvalue weighted by atomic mass is 10.1. The highest BCUT2D eigenvalue weighted by Gasteiger charge is 2.29. The van der Waals surface area contributed by atoms with Crippen molar-refractivity contribution in [2.24, 2.45) is 0 Å². The minimum Gasteiger partial charge on any atom is -0.444 e. The molecule has 0 aliphatic carbocycles. The van der Waals surface area contributed by atoms with Gasteiger partial charge in [0.05, 0.1) is 18.8 Å². The summed E-state index contributed by atoms with van der Waals surface area (Å²) in [6, 6.07) is 2.03. The number of piperidine rings is 1. The second-order valence-electron chi connectivity index (χ2n) is 5.22. The molecule has 1 unspecified atom stereocenters. The lowest BCUT2D eigenvalue weighted by molar-refractivity contribution is 0.00597. The van der Waals surface area contributed by atoms with Crippen molar-refractivity contribution < 1.29 is 9.53 Å². The number of hydrogen-bond donors (Lipinski definition) is 1. The molecule has 0 radical (unpaired) electrons. The highest BCUT2D eigenvalue weighted by Crippen LogP contribution is 2.18. The van der Waals surface area contributed by atoms with Crippen LogP contribution in [0.5, 0.6) is 0 Å². The molecule has 0 aromatic carbocycles. The molecule has 17 heavy (non-hydrogen) atoms. The maximum absolute atomic E-state index is 12.0. The molecular weight excluding hydrogens is 218 g/mol. The van der Waals surface area contributed by atoms with Gasteiger partial charge in [-0.1, -0.05) is 0 Å². The fraction of sp³-hybridized carbons (Fsp3) is 0.833. The predicted molar refractivity (Wildman–Crippen MR) is 64.2 cm³/mol. The molecule has 0 aromatic heterocycles. The molecule has 0 bridgehead atoms. The third-order valence-corrected chi connectivity index (χ3v) is 2.55. The molecule has 1 rings (SSSR count). The van der Waals surface area contributed by atoms with Gasteiger partial charge in [0.1, 0.15) is 5.60 Å². The molecular formula is C12H21N3O2. The molecule has 1 saturated heterocycles. The third kappa shape index (κ3) is 4.61. The number of nitrogens with one attached hydrogen (secondary N) is 1. The smallest absolute Gasteiger partial charge is 0.411 e. The summed E-state index contributed by atoms with van der Waals surface area (Å²) in [7, 11) is 0. The zero-order chi connectivity index (χ0) is 12.9. The molecule has 1 amide bonds. The number of ether oxygens (including phenoxy) is 1. The summed E-state index contributed by atoms with van der Waals surface area (Å²) in [4.78, 5) is 13.7. The summed E-state index contributed by atoms with van der Waals surface area (Å²) >= 11 is 0. The van der Waals surface area contributed by atoms with Crippen LogP contribution in [0.1, 0.15) is 40.0 Å². The van der Waals surface area contributed by atoms with Crippen LogP contribution >= 0.6 is 0 Å². The first-order valence-electron chi connectivity index (χ1n) is 6.04. The van der Waals surface area contributed by atoms with Gasteiger partial charge in [0.25, 0.3) is 0 Å². The van der Waals surface area contributed by atoms with Crippen LogP contribution in [0.25, 0.3) is 0 Å². The Labute approximate surface area is 103 Å². The van der Waals surface area contributed by atoms with Crippen molar-refractivity contribution in [3.8, 4) is 6.07 Å². The standard InChI is InChI=1S/C12H21N3O2/c1-12(2,3)17-11(16)15-9-5-4-6-10(15)14-8-7-13/h10,14H,4-6,8-9H2,1-3H3. The fourth-order valence-electron chi connectivity index (χ4n) is 1.85. The Morgan fingerprint density at radius 1 is 1.53 bits per heavy atom. The number of hydrogen-bond acceptors (Lipinski definition) is 4. The zero-order valence-electron chi connectivity index (χ0n) is 10.8. The number of amides is 1. The van der Waals surface area contributed by atoms with Crippen LogP contribution in [0, 0.1) is 11.3 Å². The van der Waals surface area contributed by atoms with E-state index >= 15 is 0 Å². The highest BCUT2D eigenvalue weighted by molar-refractivity contribution is 5.68. The molecule has 1 atom stereocenters. The minimum atomic E-state index is -0.478. The van der Waals surface area contributed by atoms with Crippen LogP contribution in [-0.4, -0.2) is 35.8 Å². The van der Waals surface area contributed by atoms with Gasteiger partial charge >= 0.3 is 6.09 Å². The molecule has 1 fully saturated rings. The van der Waals surface area contributed by atoms with E-state index in [2.05, 4.69) is 5.32 Å². The number of nitriles is 1. The van der Waals surface area contributed by atoms with Gasteiger partial charge < -0.3 is 4.74 Å². The molecule has 0 spiro atoms. The first kappa shape index (κ1) is 13.8. The van der Waals surface area contributed by atoms with Crippen molar-refractivity contribution in [3.05, 3.63) is 0 Å². The van der Waals surface area contributed by atoms with Crippen LogP contribution in [0.2, 0.25) is 0 Å². The van der Waals surface area contributed by atoms with Gasteiger partial charge in [-0.05, 0) is 40.0 Å². The number of rotatable bonds is 2. The highest BCUT2D eigenvalue weighted by atomic mass is 16.6. The molecule has 5 nitrogen and oxygen atoms in total. The summed E-state index contributed by atoms with van der Waals surface area (Å²) in [5, 5.41) is 11.6. The van der Waals surface area contributed by atoms with Gasteiger partial charge in [0.2, 0.25) is 0 Å². The molecule has 1 N–H and O–H groups in total. The van der Waals surface area contributed by atoms with Gasteiger partial charge in [-0.25, -0.2) is 4.79 Å². The predicted octanol–water partition coefficient (Wildman–Crippen LogP) is 1.85. The molecule has 96 valence electrons. The molecule has 1 aliphatic heterocycles. The lowest BCUT2D eigenvalue weighted by Gasteiger charge is -2.36. The second-order valence-corrected chi connectivity index (χ2v) is 5.22. The Balaban J connectivity index is 2.58. The van der Waals surface area contributed by atoms with Crippen LogP contribution in [0.4, 0.5) is 4.79 Å². The summed E-state index contributed by atoms with van der Waals surface area (Å²) in [6.45, 7) is 6.51. The average Bonchev–Trinajstić information content (AvgIpc) is 2.24. The van der Waals surface area contributed by atoms with Crippen molar-refractivity contribution in [1.82, 2.24) is 10.2 Å². The minimum absolute atomic E-state index is 0.0711. The van der Waals surface area contributed by atoms with Gasteiger partial charge in [0, 0.05) is 6.54 Å². The van der Waals surface area contributed by atoms with E-state index in [9.17, 15) is 4.79 Å². The van der Waals surface area contributed by atoms with Crippen molar-refractivity contribution in [3.63, 3.8) is 0 Å². The number of nitrogens with zero attached hydrogens (tertiary/aromatic N) is 2. The first-order valence-corrected chi connectivity index (χ1v) is 6.04. The van der Waals surface area contributed by atoms with E-state index in [1.54, 1.807) is 4.90 Å². The monoisotopic (exact) mass is 239 g/mol. The Hall–Kier alpha value is -1.28. The van der Waals surface area contributed by atoms with E-state index < -0.39 is 5.60 Å². The van der Waals surface area contributed by atoms with Crippen LogP contribution in [0.3, 0.4) is 0 Å². The molecule has 5 heteroatoms. The van der Waals surface area contributed by atoms with Gasteiger partial charge in [-0.3, -0.25) is 10.2 Å². The Morgan fingerprint density at radius 2 is 2.24 bits per heavy atom. The summed E-state index contributed by atoms with van der Waals surface area (Å²) in [5.41, 5.74) is -0.478. The first-order chi connectivity index (χ1) is 7.94. The zero-order valence-corrected chi connectivity index (χ0v) is 10.8. The number of likely N-dealkylation sites (tertiary alicyclic amines) is 1. The number of carbonyl (C=O) groups is 1. The number of carbonyl (C=O) groups excluding carboxylic acids is 1. The third-order valence-electron chi connectivity index (χ3n) is 2.55. The van der Waals surface area contributed by atoms with E-state index in [4.69, 9.17) is 10.00 Å². The van der Waals surface area contributed by atoms with Gasteiger partial charge in [-0.15, -0.1) is 0 Å². The molecule has 1 heterocycles. The summed E-state index contributed by atoms with van der Waals surface area (Å²) in [5.74, 6) is 0. The van der Waals surface area contributed by atoms with Crippen LogP contribution < -0.4 is 5.32 Å². The normalized spacial score (nSPS) is 20.8. The fourth-order valence-corrected chi connectivity index (χ4v) is 1.85. The largest absolute Gasteiger partial charge is 0.444 e. The van der Waals surface area contributed by atoms with E-state index in [1.165, 1.54) is 0 Å². The maximum Gasteiger partial charge on any atom is 0.411 e. The summed E-state index contributed by atoms with van der Waals surface area (Å²) in [6.07, 6.45) is 2.57. The summed E-state index contributed by atoms with van der Waals surface area (Å²) < 4.78 is 5.35. The molecule has 1 aliphatic rings. The van der Waals surface area contributed by atoms with E-state index in [-0.39, 0.29) is 18.8 Å². The van der Waals surface area contributed by atoms with Gasteiger partial charge in [-0.2, -0.15) is 5.26 Å². The Bertz CT molecular complexity index is 304. The topological polar surface area (TPSA) is 65.4 Å². The maximum atomic E-state index is 12.0. The average molecular weight is 239 g/mol. The van der Waals surface area contributed by atoms with E-state index in [0.717, 1.165) is 19.3 Å². The Kier molecular flexibility index (Phi) is 4.76. The van der Waals surface area contributed by atoms with Crippen LogP contribution in [0.15, 0.2) is 0 Å². The van der Waals surface area contributed by atoms with Crippen molar-refractivity contribution in [1.29, 1.82) is 5.26 Å². The quantitative estimate of drug-likeness (QED) is 0.747. The molecule has 0 saturated carbocycles. The van der Waals surface area contributed by atoms with Crippen molar-refractivity contribution in [2.45, 2.75) is 51.8 Å². The SMILES string of the molecule is CC(C)(C)OC(=O)N1CCCCC1NCC#N. The van der Waals surface area contributed by atoms with Crippen LogP contribution in [-0.2, 0) is 4.74 Å². The van der Waals surface area contributed by atoms with Crippen molar-refractivity contribution >= 4 is 6.09 Å². The Morgan fingerprint density at radius 3 is 2.82 bits per heavy atom.